The van der Waals surface area contributed by atoms with Gasteiger partial charge in [0.15, 0.2) is 5.82 Å². The molecule has 2 amide bonds. The molecule has 0 radical (unpaired) electrons. The summed E-state index contributed by atoms with van der Waals surface area (Å²) >= 11 is 0. The van der Waals surface area contributed by atoms with Crippen LogP contribution in [0.15, 0.2) is 67.4 Å². The maximum absolute atomic E-state index is 16.6. The summed E-state index contributed by atoms with van der Waals surface area (Å²) in [4.78, 5) is 41.8. The van der Waals surface area contributed by atoms with Gasteiger partial charge in [0, 0.05) is 86.5 Å². The number of benzene rings is 1. The summed E-state index contributed by atoms with van der Waals surface area (Å²) in [5.41, 5.74) is 9.28. The lowest BCUT2D eigenvalue weighted by molar-refractivity contribution is -0.130. The Labute approximate surface area is 287 Å². The Hall–Kier alpha value is -5.76. The minimum atomic E-state index is -0.539. The lowest BCUT2D eigenvalue weighted by atomic mass is 9.93. The molecule has 0 aliphatic carbocycles. The van der Waals surface area contributed by atoms with E-state index in [9.17, 15) is 14.0 Å². The fraction of sp³-hybridized carbons (Fsp3) is 0.278. The van der Waals surface area contributed by atoms with Gasteiger partial charge in [0.25, 0.3) is 5.91 Å². The van der Waals surface area contributed by atoms with E-state index in [-0.39, 0.29) is 49.1 Å². The molecule has 5 heterocycles. The number of aromatic amines is 1. The topological polar surface area (TPSA) is 156 Å². The van der Waals surface area contributed by atoms with Gasteiger partial charge in [-0.15, -0.1) is 0 Å². The minimum absolute atomic E-state index is 0.118. The first kappa shape index (κ1) is 34.1. The van der Waals surface area contributed by atoms with Crippen molar-refractivity contribution in [3.63, 3.8) is 0 Å². The first-order valence-corrected chi connectivity index (χ1v) is 16.1. The summed E-state index contributed by atoms with van der Waals surface area (Å²) in [6, 6.07) is 6.37. The fourth-order valence-electron chi connectivity index (χ4n) is 6.37. The predicted molar refractivity (Wildman–Crippen MR) is 185 cm³/mol. The van der Waals surface area contributed by atoms with Gasteiger partial charge in [-0.3, -0.25) is 14.6 Å². The number of nitrogens with zero attached hydrogens (tertiary/aromatic N) is 5. The molecule has 3 aromatic heterocycles. The predicted octanol–water partition coefficient (Wildman–Crippen LogP) is 4.46. The molecule has 50 heavy (non-hydrogen) atoms. The van der Waals surface area contributed by atoms with Crippen LogP contribution in [0.1, 0.15) is 41.0 Å². The first-order valence-electron chi connectivity index (χ1n) is 16.1. The number of nitrogens with one attached hydrogen (secondary N) is 1. The highest BCUT2D eigenvalue weighted by molar-refractivity contribution is 6.05. The van der Waals surface area contributed by atoms with Crippen LogP contribution in [0.2, 0.25) is 0 Å². The molecular formula is C36H38F2N8O4. The van der Waals surface area contributed by atoms with Gasteiger partial charge in [-0.05, 0) is 47.8 Å². The average molecular weight is 685 g/mol. The monoisotopic (exact) mass is 684 g/mol. The summed E-state index contributed by atoms with van der Waals surface area (Å²) in [6.07, 6.45) is 12.1. The number of hydrogen-bond donors (Lipinski definition) is 3. The highest BCUT2D eigenvalue weighted by Crippen LogP contribution is 2.40. The van der Waals surface area contributed by atoms with Crippen molar-refractivity contribution in [2.75, 3.05) is 46.9 Å². The van der Waals surface area contributed by atoms with Crippen LogP contribution in [-0.4, -0.2) is 88.5 Å². The van der Waals surface area contributed by atoms with Crippen molar-refractivity contribution in [2.24, 2.45) is 11.6 Å². The molecule has 0 saturated carbocycles. The van der Waals surface area contributed by atoms with Gasteiger partial charge in [-0.1, -0.05) is 12.2 Å². The molecule has 0 bridgehead atoms. The van der Waals surface area contributed by atoms with E-state index in [2.05, 4.69) is 15.0 Å². The highest BCUT2D eigenvalue weighted by Gasteiger charge is 2.28. The largest absolute Gasteiger partial charge is 0.496 e. The Morgan fingerprint density at radius 3 is 2.58 bits per heavy atom. The number of ether oxygens (including phenoxy) is 2. The maximum atomic E-state index is 16.6. The van der Waals surface area contributed by atoms with E-state index in [0.717, 1.165) is 11.8 Å². The number of hydrogen-bond acceptors (Lipinski definition) is 9. The van der Waals surface area contributed by atoms with E-state index in [4.69, 9.17) is 21.1 Å². The van der Waals surface area contributed by atoms with Gasteiger partial charge in [-0.2, -0.15) is 0 Å². The summed E-state index contributed by atoms with van der Waals surface area (Å²) in [5, 5.41) is 1.82. The zero-order chi connectivity index (χ0) is 35.4. The molecule has 14 heteroatoms. The number of halogens is 2. The quantitative estimate of drug-likeness (QED) is 0.162. The van der Waals surface area contributed by atoms with Gasteiger partial charge < -0.3 is 35.0 Å². The van der Waals surface area contributed by atoms with Crippen molar-refractivity contribution in [1.82, 2.24) is 29.8 Å². The van der Waals surface area contributed by atoms with Crippen molar-refractivity contribution in [3.8, 4) is 22.6 Å². The van der Waals surface area contributed by atoms with Crippen LogP contribution in [0.5, 0.6) is 11.5 Å². The second-order valence-electron chi connectivity index (χ2n) is 11.9. The van der Waals surface area contributed by atoms with Crippen LogP contribution >= 0.6 is 0 Å². The van der Waals surface area contributed by atoms with Gasteiger partial charge in [0.05, 0.1) is 25.9 Å². The maximum Gasteiger partial charge on any atom is 0.270 e. The molecule has 2 aliphatic rings. The molecule has 0 atom stereocenters. The summed E-state index contributed by atoms with van der Waals surface area (Å²) in [5.74, 6) is 5.21. The van der Waals surface area contributed by atoms with Crippen LogP contribution in [0, 0.1) is 11.6 Å². The Morgan fingerprint density at radius 2 is 1.84 bits per heavy atom. The molecule has 5 N–H and O–H groups in total. The van der Waals surface area contributed by atoms with Crippen molar-refractivity contribution in [1.29, 1.82) is 0 Å². The second-order valence-corrected chi connectivity index (χ2v) is 11.9. The normalized spacial score (nSPS) is 14.9. The van der Waals surface area contributed by atoms with Gasteiger partial charge >= 0.3 is 0 Å². The van der Waals surface area contributed by atoms with Crippen molar-refractivity contribution in [2.45, 2.75) is 19.3 Å². The number of carbonyl (C=O) groups excluding carboxylic acids is 2. The van der Waals surface area contributed by atoms with Crippen LogP contribution in [-0.2, 0) is 4.79 Å². The van der Waals surface area contributed by atoms with Gasteiger partial charge in [0.1, 0.15) is 28.7 Å². The van der Waals surface area contributed by atoms with Crippen molar-refractivity contribution < 1.29 is 27.8 Å². The third kappa shape index (κ3) is 6.87. The molecule has 12 nitrogen and oxygen atoms in total. The number of nitrogens with two attached hydrogens (primary N) is 2. The number of amides is 2. The molecule has 6 rings (SSSR count). The molecular weight excluding hydrogens is 646 g/mol. The van der Waals surface area contributed by atoms with Gasteiger partial charge in [0.2, 0.25) is 5.91 Å². The molecule has 1 aromatic carbocycles. The van der Waals surface area contributed by atoms with Crippen LogP contribution in [0.4, 0.5) is 8.78 Å². The Kier molecular flexibility index (Phi) is 10.1. The van der Waals surface area contributed by atoms with E-state index >= 15 is 4.39 Å². The number of H-pyrrole nitrogens is 1. The first-order chi connectivity index (χ1) is 24.2. The van der Waals surface area contributed by atoms with Crippen LogP contribution < -0.4 is 21.1 Å². The number of fused-ring (bicyclic) bond motifs is 1. The lowest BCUT2D eigenvalue weighted by Gasteiger charge is -2.29. The molecule has 260 valence electrons. The Balaban J connectivity index is 1.33. The third-order valence-electron chi connectivity index (χ3n) is 8.92. The number of pyridine rings is 2. The third-order valence-corrected chi connectivity index (χ3v) is 8.92. The smallest absolute Gasteiger partial charge is 0.270 e. The Morgan fingerprint density at radius 1 is 1.02 bits per heavy atom. The van der Waals surface area contributed by atoms with Gasteiger partial charge in [-0.25, -0.2) is 19.6 Å². The zero-order valence-corrected chi connectivity index (χ0v) is 27.8. The molecule has 4 aromatic rings. The standard InChI is InChI=1S/C36H38F2N8O4/c1-49-30-5-10-41-20-28(30)26-17-25(23-4-3-11-45(21-23)32(47)8-14-46(40)15-9-39)33(38)35-27(26)18-29(43-35)36(48)44-12-6-22(7-13-44)34-31(50-2)16-24(37)19-42-34/h4-6,9-10,15-20,43H,3,7-8,11-14,21,39-40H2,1-2H3/b15-9-. The molecule has 2 aliphatic heterocycles. The fourth-order valence-corrected chi connectivity index (χ4v) is 6.37. The number of methoxy groups -OCH3 is 2. The van der Waals surface area contributed by atoms with E-state index < -0.39 is 11.6 Å². The minimum Gasteiger partial charge on any atom is -0.496 e. The molecule has 0 unspecified atom stereocenters. The van der Waals surface area contributed by atoms with Crippen molar-refractivity contribution >= 4 is 33.9 Å². The van der Waals surface area contributed by atoms with Crippen LogP contribution in [0.3, 0.4) is 0 Å². The molecule has 0 saturated heterocycles. The number of aromatic nitrogens is 3. The SMILES string of the molecule is COc1ccncc1-c1cc(C2=CCCN(C(=O)CCN(N)/C=C\N)C2)c(F)c2[nH]c(C(=O)N3CC=C(c4ncc(F)cc4OC)CC3)cc12. The summed E-state index contributed by atoms with van der Waals surface area (Å²) < 4.78 is 41.3. The zero-order valence-electron chi connectivity index (χ0n) is 27.8. The molecule has 0 spiro atoms. The lowest BCUT2D eigenvalue weighted by Crippen LogP contribution is -2.38. The Bertz CT molecular complexity index is 2020. The second kappa shape index (κ2) is 14.8. The average Bonchev–Trinajstić information content (AvgIpc) is 3.60. The summed E-state index contributed by atoms with van der Waals surface area (Å²) in [7, 11) is 2.99. The van der Waals surface area contributed by atoms with E-state index in [1.165, 1.54) is 30.6 Å². The van der Waals surface area contributed by atoms with Crippen LogP contribution in [0.25, 0.3) is 33.2 Å². The number of rotatable bonds is 10. The number of hydrazine groups is 1. The number of carbonyl (C=O) groups is 2. The van der Waals surface area contributed by atoms with E-state index in [0.29, 0.717) is 70.8 Å². The van der Waals surface area contributed by atoms with E-state index in [1.807, 2.05) is 12.2 Å². The van der Waals surface area contributed by atoms with Crippen molar-refractivity contribution in [3.05, 3.63) is 96.0 Å². The molecule has 0 fully saturated rings. The highest BCUT2D eigenvalue weighted by atomic mass is 19.1. The van der Waals surface area contributed by atoms with E-state index in [1.54, 1.807) is 47.5 Å². The summed E-state index contributed by atoms with van der Waals surface area (Å²) in [6.45, 7) is 1.59.